The third kappa shape index (κ3) is 12.8. The molecule has 4 aliphatic rings. The molecule has 0 aromatic carbocycles. The summed E-state index contributed by atoms with van der Waals surface area (Å²) in [6.45, 7) is 7.62. The standard InChI is InChI=1S/C38H63N3O24/c1-11(44)17(34(56)65-38(5,6)7)41-32(53)30-28(57-8)22(49)24(51)36(63-30)61-27-19(40-14(4)46)35(59-16(10-43)21(27)48)62-29-23(50)25(52)37(64-31(29)33(54)55)60-26-18(39-13(3)45)12(2)58-15(9-42)20(26)47/h11-12,15-31,35-37,42-44,47-52H,9-10H2,1-8H3,(H,39,45)(H,40,46)(H,41,53)(H,54,55)/p-1. The van der Waals surface area contributed by atoms with Gasteiger partial charge in [0.25, 0.3) is 5.91 Å². The smallest absolute Gasteiger partial charge is 0.331 e. The number of aliphatic carboxylic acids is 1. The molecule has 65 heavy (non-hydrogen) atoms. The lowest BCUT2D eigenvalue weighted by Gasteiger charge is -2.50. The summed E-state index contributed by atoms with van der Waals surface area (Å²) in [5, 5.41) is 117. The van der Waals surface area contributed by atoms with Crippen molar-refractivity contribution in [3.8, 4) is 0 Å². The minimum Gasteiger partial charge on any atom is -0.547 e. The van der Waals surface area contributed by atoms with Crippen molar-refractivity contribution in [2.24, 2.45) is 0 Å². The highest BCUT2D eigenvalue weighted by molar-refractivity contribution is 5.88. The van der Waals surface area contributed by atoms with Crippen LogP contribution in [0.1, 0.15) is 48.5 Å². The fourth-order valence-electron chi connectivity index (χ4n) is 7.77. The third-order valence-corrected chi connectivity index (χ3v) is 10.9. The number of carboxylic acids is 1. The van der Waals surface area contributed by atoms with Crippen LogP contribution >= 0.6 is 0 Å². The van der Waals surface area contributed by atoms with Crippen LogP contribution in [0.5, 0.6) is 0 Å². The lowest BCUT2D eigenvalue weighted by atomic mass is 9.92. The Morgan fingerprint density at radius 2 is 1.12 bits per heavy atom. The van der Waals surface area contributed by atoms with Crippen molar-refractivity contribution in [3.63, 3.8) is 0 Å². The number of esters is 1. The van der Waals surface area contributed by atoms with Crippen molar-refractivity contribution in [2.75, 3.05) is 20.3 Å². The first-order chi connectivity index (χ1) is 30.3. The maximum atomic E-state index is 13.7. The van der Waals surface area contributed by atoms with E-state index in [-0.39, 0.29) is 0 Å². The fraction of sp³-hybridized carbons (Fsp3) is 0.868. The van der Waals surface area contributed by atoms with Gasteiger partial charge in [-0.05, 0) is 34.6 Å². The van der Waals surface area contributed by atoms with Gasteiger partial charge in [-0.25, -0.2) is 4.79 Å². The molecular weight excluding hydrogens is 882 g/mol. The molecule has 27 heteroatoms. The van der Waals surface area contributed by atoms with Gasteiger partial charge in [-0.2, -0.15) is 0 Å². The number of carbonyl (C=O) groups excluding carboxylic acids is 5. The summed E-state index contributed by atoms with van der Waals surface area (Å²) < 4.78 is 50.5. The molecule has 4 fully saturated rings. The van der Waals surface area contributed by atoms with E-state index in [0.717, 1.165) is 21.0 Å². The molecule has 4 saturated heterocycles. The van der Waals surface area contributed by atoms with E-state index in [2.05, 4.69) is 16.0 Å². The lowest BCUT2D eigenvalue weighted by Crippen LogP contribution is -2.71. The van der Waals surface area contributed by atoms with Crippen LogP contribution in [0.3, 0.4) is 0 Å². The molecule has 22 unspecified atom stereocenters. The molecule has 0 aromatic rings. The fourth-order valence-corrected chi connectivity index (χ4v) is 7.77. The zero-order valence-corrected chi connectivity index (χ0v) is 36.8. The Labute approximate surface area is 372 Å². The number of amides is 3. The van der Waals surface area contributed by atoms with E-state index < -0.39 is 183 Å². The number of aliphatic hydroxyl groups is 9. The van der Waals surface area contributed by atoms with Gasteiger partial charge in [0, 0.05) is 21.0 Å². The largest absolute Gasteiger partial charge is 0.547 e. The number of rotatable bonds is 16. The molecule has 374 valence electrons. The van der Waals surface area contributed by atoms with Gasteiger partial charge in [0.05, 0.1) is 37.4 Å². The number of carbonyl (C=O) groups is 5. The van der Waals surface area contributed by atoms with Gasteiger partial charge in [0.1, 0.15) is 91.0 Å². The Kier molecular flexibility index (Phi) is 18.9. The Morgan fingerprint density at radius 1 is 0.662 bits per heavy atom. The average molecular weight is 945 g/mol. The predicted molar refractivity (Wildman–Crippen MR) is 206 cm³/mol. The molecule has 27 nitrogen and oxygen atoms in total. The van der Waals surface area contributed by atoms with E-state index in [4.69, 9.17) is 42.6 Å². The Hall–Kier alpha value is -3.33. The van der Waals surface area contributed by atoms with Crippen molar-refractivity contribution in [2.45, 2.75) is 189 Å². The number of ether oxygens (including phenoxy) is 9. The first-order valence-corrected chi connectivity index (χ1v) is 20.6. The first-order valence-electron chi connectivity index (χ1n) is 20.6. The molecule has 0 radical (unpaired) electrons. The Bertz CT molecular complexity index is 1640. The maximum absolute atomic E-state index is 13.7. The average Bonchev–Trinajstić information content (AvgIpc) is 3.21. The maximum Gasteiger partial charge on any atom is 0.331 e. The topological polar surface area (TPSA) is 410 Å². The van der Waals surface area contributed by atoms with Gasteiger partial charge in [0.15, 0.2) is 31.0 Å². The molecule has 4 rings (SSSR count). The van der Waals surface area contributed by atoms with Gasteiger partial charge in [-0.3, -0.25) is 14.4 Å². The van der Waals surface area contributed by atoms with Crippen molar-refractivity contribution < 1.29 is 118 Å². The molecule has 0 aliphatic carbocycles. The Balaban J connectivity index is 1.63. The van der Waals surface area contributed by atoms with E-state index in [1.165, 1.54) is 34.6 Å². The van der Waals surface area contributed by atoms with Crippen molar-refractivity contribution in [1.29, 1.82) is 0 Å². The molecule has 3 amide bonds. The van der Waals surface area contributed by atoms with E-state index in [9.17, 15) is 75.0 Å². The summed E-state index contributed by atoms with van der Waals surface area (Å²) in [5.74, 6) is -5.80. The van der Waals surface area contributed by atoms with Gasteiger partial charge in [-0.15, -0.1) is 0 Å². The van der Waals surface area contributed by atoms with Crippen LogP contribution in [0.25, 0.3) is 0 Å². The van der Waals surface area contributed by atoms with Crippen LogP contribution in [0.4, 0.5) is 0 Å². The highest BCUT2D eigenvalue weighted by Gasteiger charge is 2.57. The molecule has 0 spiro atoms. The van der Waals surface area contributed by atoms with E-state index in [0.29, 0.717) is 0 Å². The third-order valence-electron chi connectivity index (χ3n) is 10.9. The number of hydrogen-bond acceptors (Lipinski definition) is 24. The second-order valence-electron chi connectivity index (χ2n) is 17.1. The first kappa shape index (κ1) is 54.3. The van der Waals surface area contributed by atoms with Crippen LogP contribution in [-0.2, 0) is 66.6 Å². The number of carboxylic acid groups (broad SMARTS) is 1. The number of nitrogens with one attached hydrogen (secondary N) is 3. The minimum absolute atomic E-state index is 0.610. The summed E-state index contributed by atoms with van der Waals surface area (Å²) in [4.78, 5) is 63.8. The molecule has 0 bridgehead atoms. The molecule has 4 heterocycles. The molecule has 22 atom stereocenters. The molecular formula is C38H62N3O24-. The predicted octanol–water partition coefficient (Wildman–Crippen LogP) is -8.76. The second-order valence-corrected chi connectivity index (χ2v) is 17.1. The van der Waals surface area contributed by atoms with Crippen molar-refractivity contribution >= 4 is 29.7 Å². The van der Waals surface area contributed by atoms with Crippen LogP contribution in [0, 0.1) is 0 Å². The zero-order valence-electron chi connectivity index (χ0n) is 36.8. The second kappa shape index (κ2) is 22.6. The number of aliphatic hydroxyl groups excluding tert-OH is 9. The van der Waals surface area contributed by atoms with Crippen molar-refractivity contribution in [1.82, 2.24) is 16.0 Å². The molecule has 4 aliphatic heterocycles. The zero-order chi connectivity index (χ0) is 49.0. The summed E-state index contributed by atoms with van der Waals surface area (Å²) in [7, 11) is 1.05. The number of methoxy groups -OCH3 is 1. The molecule has 0 aromatic heterocycles. The molecule has 0 saturated carbocycles. The molecule has 12 N–H and O–H groups in total. The summed E-state index contributed by atoms with van der Waals surface area (Å²) in [5.41, 5.74) is -1.04. The van der Waals surface area contributed by atoms with Crippen LogP contribution in [0.15, 0.2) is 0 Å². The lowest BCUT2D eigenvalue weighted by molar-refractivity contribution is -0.382. The summed E-state index contributed by atoms with van der Waals surface area (Å²) in [6.07, 6.45) is -35.8. The van der Waals surface area contributed by atoms with Crippen molar-refractivity contribution in [3.05, 3.63) is 0 Å². The van der Waals surface area contributed by atoms with Crippen LogP contribution < -0.4 is 21.1 Å². The minimum atomic E-state index is -2.38. The van der Waals surface area contributed by atoms with Gasteiger partial charge in [0.2, 0.25) is 11.8 Å². The number of hydrogen-bond donors (Lipinski definition) is 12. The quantitative estimate of drug-likeness (QED) is 0.0639. The highest BCUT2D eigenvalue weighted by atomic mass is 16.8. The summed E-state index contributed by atoms with van der Waals surface area (Å²) >= 11 is 0. The normalized spacial score (nSPS) is 41.1. The van der Waals surface area contributed by atoms with Crippen LogP contribution in [-0.4, -0.2) is 236 Å². The SMILES string of the molecule is COC1C(C(=O)NC(C(=O)OC(C)(C)C)C(C)O)OC(OC2C(O)C(CO)OC(OC3C(C(=O)[O-])OC(OC4C(O)C(CO)OC(C)C4NC(C)=O)C(O)C3O)C2NC(C)=O)C(O)C1O. The monoisotopic (exact) mass is 944 g/mol. The highest BCUT2D eigenvalue weighted by Crippen LogP contribution is 2.35. The summed E-state index contributed by atoms with van der Waals surface area (Å²) in [6, 6.07) is -4.68. The van der Waals surface area contributed by atoms with E-state index in [1.54, 1.807) is 0 Å². The van der Waals surface area contributed by atoms with Gasteiger partial charge < -0.3 is 114 Å². The van der Waals surface area contributed by atoms with E-state index in [1.807, 2.05) is 0 Å². The van der Waals surface area contributed by atoms with Crippen LogP contribution in [0.2, 0.25) is 0 Å². The van der Waals surface area contributed by atoms with Gasteiger partial charge in [-0.1, -0.05) is 0 Å². The van der Waals surface area contributed by atoms with E-state index >= 15 is 0 Å². The van der Waals surface area contributed by atoms with Gasteiger partial charge >= 0.3 is 5.97 Å². The Morgan fingerprint density at radius 3 is 1.58 bits per heavy atom.